The number of alkyl halides is 1. The molecule has 0 nitrogen and oxygen atoms in total. The van der Waals surface area contributed by atoms with Gasteiger partial charge in [0.1, 0.15) is 0 Å². The normalized spacial score (nSPS) is 33.5. The maximum Gasteiger partial charge on any atom is 0.0200 e. The molecule has 1 aromatic rings. The van der Waals surface area contributed by atoms with Crippen LogP contribution in [0, 0.1) is 0 Å². The van der Waals surface area contributed by atoms with Crippen LogP contribution in [0.3, 0.4) is 0 Å². The van der Waals surface area contributed by atoms with Crippen LogP contribution in [-0.2, 0) is 0 Å². The first-order chi connectivity index (χ1) is 6.17. The van der Waals surface area contributed by atoms with Crippen molar-refractivity contribution in [3.05, 3.63) is 35.9 Å². The number of hydrogen-bond donors (Lipinski definition) is 0. The molecule has 1 aliphatic carbocycles. The highest BCUT2D eigenvalue weighted by atomic mass is 127. The molecule has 0 heterocycles. The molecule has 0 aromatic heterocycles. The molecule has 1 heteroatoms. The van der Waals surface area contributed by atoms with E-state index in [0.29, 0.717) is 3.42 Å². The standard InChI is InChI=1S/C12H15I/c1-12(13)8-7-11(9-12)10-5-3-2-4-6-10/h2-6,11H,7-9H2,1H3. The number of halogens is 1. The molecule has 2 atom stereocenters. The van der Waals surface area contributed by atoms with Crippen LogP contribution in [0.15, 0.2) is 30.3 Å². The third-order valence-electron chi connectivity index (χ3n) is 2.96. The van der Waals surface area contributed by atoms with Gasteiger partial charge in [0.25, 0.3) is 0 Å². The topological polar surface area (TPSA) is 0 Å². The molecule has 0 saturated heterocycles. The maximum absolute atomic E-state index is 2.61. The zero-order chi connectivity index (χ0) is 9.31. The van der Waals surface area contributed by atoms with Gasteiger partial charge in [0.15, 0.2) is 0 Å². The molecule has 2 rings (SSSR count). The minimum absolute atomic E-state index is 0.540. The Morgan fingerprint density at radius 3 is 2.54 bits per heavy atom. The van der Waals surface area contributed by atoms with Crippen LogP contribution in [0.5, 0.6) is 0 Å². The Morgan fingerprint density at radius 2 is 2.00 bits per heavy atom. The van der Waals surface area contributed by atoms with E-state index in [-0.39, 0.29) is 0 Å². The Balaban J connectivity index is 2.13. The molecular formula is C12H15I. The summed E-state index contributed by atoms with van der Waals surface area (Å²) in [5, 5.41) is 0. The quantitative estimate of drug-likeness (QED) is 0.537. The summed E-state index contributed by atoms with van der Waals surface area (Å²) in [5.41, 5.74) is 1.53. The van der Waals surface area contributed by atoms with Crippen molar-refractivity contribution in [3.63, 3.8) is 0 Å². The van der Waals surface area contributed by atoms with E-state index < -0.39 is 0 Å². The lowest BCUT2D eigenvalue weighted by atomic mass is 9.97. The summed E-state index contributed by atoms with van der Waals surface area (Å²) in [6.07, 6.45) is 4.08. The fourth-order valence-electron chi connectivity index (χ4n) is 2.20. The van der Waals surface area contributed by atoms with Gasteiger partial charge in [-0.05, 0) is 30.7 Å². The molecule has 1 fully saturated rings. The van der Waals surface area contributed by atoms with Crippen molar-refractivity contribution < 1.29 is 0 Å². The number of hydrogen-bond acceptors (Lipinski definition) is 0. The second kappa shape index (κ2) is 3.60. The van der Waals surface area contributed by atoms with E-state index in [2.05, 4.69) is 59.8 Å². The predicted octanol–water partition coefficient (Wildman–Crippen LogP) is 4.15. The molecule has 70 valence electrons. The van der Waals surface area contributed by atoms with Gasteiger partial charge in [0, 0.05) is 3.42 Å². The van der Waals surface area contributed by atoms with Crippen molar-refractivity contribution in [2.24, 2.45) is 0 Å². The van der Waals surface area contributed by atoms with Crippen molar-refractivity contribution in [2.75, 3.05) is 0 Å². The average molecular weight is 286 g/mol. The predicted molar refractivity (Wildman–Crippen MR) is 65.5 cm³/mol. The monoisotopic (exact) mass is 286 g/mol. The molecule has 0 N–H and O–H groups in total. The van der Waals surface area contributed by atoms with Gasteiger partial charge in [-0.2, -0.15) is 0 Å². The van der Waals surface area contributed by atoms with Crippen molar-refractivity contribution in [1.29, 1.82) is 0 Å². The highest BCUT2D eigenvalue weighted by Crippen LogP contribution is 2.45. The van der Waals surface area contributed by atoms with Crippen molar-refractivity contribution in [2.45, 2.75) is 35.5 Å². The largest absolute Gasteiger partial charge is 0.0792 e. The van der Waals surface area contributed by atoms with Crippen LogP contribution >= 0.6 is 22.6 Å². The average Bonchev–Trinajstić information content (AvgIpc) is 2.48. The van der Waals surface area contributed by atoms with Gasteiger partial charge in [-0.1, -0.05) is 59.8 Å². The fourth-order valence-corrected chi connectivity index (χ4v) is 3.05. The van der Waals surface area contributed by atoms with Crippen LogP contribution in [0.4, 0.5) is 0 Å². The summed E-state index contributed by atoms with van der Waals surface area (Å²) in [6.45, 7) is 2.37. The lowest BCUT2D eigenvalue weighted by Gasteiger charge is -2.15. The lowest BCUT2D eigenvalue weighted by molar-refractivity contribution is 0.677. The van der Waals surface area contributed by atoms with Gasteiger partial charge in [-0.3, -0.25) is 0 Å². The third kappa shape index (κ3) is 2.25. The van der Waals surface area contributed by atoms with E-state index in [1.807, 2.05) is 0 Å². The molecule has 13 heavy (non-hydrogen) atoms. The Morgan fingerprint density at radius 1 is 1.31 bits per heavy atom. The smallest absolute Gasteiger partial charge is 0.0200 e. The Labute approximate surface area is 93.9 Å². The number of benzene rings is 1. The summed E-state index contributed by atoms with van der Waals surface area (Å²) in [7, 11) is 0. The Hall–Kier alpha value is -0.0500. The van der Waals surface area contributed by atoms with E-state index >= 15 is 0 Å². The van der Waals surface area contributed by atoms with Crippen LogP contribution in [0.25, 0.3) is 0 Å². The third-order valence-corrected chi connectivity index (χ3v) is 3.94. The van der Waals surface area contributed by atoms with Gasteiger partial charge in [0.2, 0.25) is 0 Å². The van der Waals surface area contributed by atoms with Gasteiger partial charge < -0.3 is 0 Å². The Bertz CT molecular complexity index is 276. The lowest BCUT2D eigenvalue weighted by Crippen LogP contribution is -2.08. The second-order valence-electron chi connectivity index (χ2n) is 4.26. The molecular weight excluding hydrogens is 271 g/mol. The Kier molecular flexibility index (Phi) is 2.63. The van der Waals surface area contributed by atoms with Crippen LogP contribution in [0.1, 0.15) is 37.7 Å². The first kappa shape index (κ1) is 9.50. The van der Waals surface area contributed by atoms with E-state index in [9.17, 15) is 0 Å². The SMILES string of the molecule is CC1(I)CCC(c2ccccc2)C1. The summed E-state index contributed by atoms with van der Waals surface area (Å²) in [6, 6.07) is 10.9. The summed E-state index contributed by atoms with van der Waals surface area (Å²) in [4.78, 5) is 0. The zero-order valence-corrected chi connectivity index (χ0v) is 10.1. The summed E-state index contributed by atoms with van der Waals surface area (Å²) >= 11 is 2.61. The van der Waals surface area contributed by atoms with Crippen molar-refractivity contribution >= 4 is 22.6 Å². The van der Waals surface area contributed by atoms with E-state index in [1.54, 1.807) is 0 Å². The molecule has 1 aliphatic rings. The molecule has 1 aromatic carbocycles. The summed E-state index contributed by atoms with van der Waals surface area (Å²) < 4.78 is 0.540. The number of rotatable bonds is 1. The zero-order valence-electron chi connectivity index (χ0n) is 7.96. The van der Waals surface area contributed by atoms with Gasteiger partial charge in [-0.25, -0.2) is 0 Å². The molecule has 0 spiro atoms. The molecule has 0 amide bonds. The van der Waals surface area contributed by atoms with Crippen LogP contribution in [0.2, 0.25) is 0 Å². The van der Waals surface area contributed by atoms with Crippen LogP contribution < -0.4 is 0 Å². The van der Waals surface area contributed by atoms with Crippen LogP contribution in [-0.4, -0.2) is 3.42 Å². The molecule has 0 bridgehead atoms. The van der Waals surface area contributed by atoms with E-state index in [4.69, 9.17) is 0 Å². The summed E-state index contributed by atoms with van der Waals surface area (Å²) in [5.74, 6) is 0.808. The molecule has 1 saturated carbocycles. The van der Waals surface area contributed by atoms with E-state index in [0.717, 1.165) is 5.92 Å². The van der Waals surface area contributed by atoms with Crippen molar-refractivity contribution in [1.82, 2.24) is 0 Å². The maximum atomic E-state index is 2.61. The second-order valence-corrected chi connectivity index (χ2v) is 6.87. The highest BCUT2D eigenvalue weighted by molar-refractivity contribution is 14.1. The highest BCUT2D eigenvalue weighted by Gasteiger charge is 2.32. The van der Waals surface area contributed by atoms with E-state index in [1.165, 1.54) is 24.8 Å². The fraction of sp³-hybridized carbons (Fsp3) is 0.500. The molecule has 2 unspecified atom stereocenters. The molecule has 0 aliphatic heterocycles. The molecule has 0 radical (unpaired) electrons. The first-order valence-electron chi connectivity index (χ1n) is 4.91. The van der Waals surface area contributed by atoms with Gasteiger partial charge in [-0.15, -0.1) is 0 Å². The van der Waals surface area contributed by atoms with Gasteiger partial charge in [0.05, 0.1) is 0 Å². The minimum Gasteiger partial charge on any atom is -0.0792 e. The first-order valence-corrected chi connectivity index (χ1v) is 5.99. The minimum atomic E-state index is 0.540. The van der Waals surface area contributed by atoms with Gasteiger partial charge >= 0.3 is 0 Å². The van der Waals surface area contributed by atoms with Crippen molar-refractivity contribution in [3.8, 4) is 0 Å².